The molecule has 1 saturated heterocycles. The van der Waals surface area contributed by atoms with Gasteiger partial charge in [-0.1, -0.05) is 12.1 Å². The lowest BCUT2D eigenvalue weighted by molar-refractivity contribution is -0.132. The number of methoxy groups -OCH3 is 1. The summed E-state index contributed by atoms with van der Waals surface area (Å²) in [4.78, 5) is 35.9. The molecule has 1 aliphatic rings. The minimum absolute atomic E-state index is 0.0918. The zero-order valence-corrected chi connectivity index (χ0v) is 22.4. The Kier molecular flexibility index (Phi) is 6.58. The summed E-state index contributed by atoms with van der Waals surface area (Å²) in [5.41, 5.74) is 2.93. The van der Waals surface area contributed by atoms with Crippen LogP contribution in [0, 0.1) is 6.92 Å². The van der Waals surface area contributed by atoms with Gasteiger partial charge in [0.05, 0.1) is 40.8 Å². The molecular formula is C28H24BrN3O6. The number of ketones is 1. The van der Waals surface area contributed by atoms with Crippen LogP contribution in [0.1, 0.15) is 29.7 Å². The summed E-state index contributed by atoms with van der Waals surface area (Å²) in [6.07, 6.45) is 0. The Morgan fingerprint density at radius 1 is 1.11 bits per heavy atom. The molecule has 0 aliphatic carbocycles. The number of Topliss-reactive ketones (excluding diaryl/α,β-unsaturated/α-hetero) is 1. The molecule has 1 fully saturated rings. The van der Waals surface area contributed by atoms with E-state index in [1.165, 1.54) is 18.1 Å². The lowest BCUT2D eigenvalue weighted by Gasteiger charge is -2.23. The first kappa shape index (κ1) is 25.3. The number of carbonyl (C=O) groups excluding carboxylic acids is 2. The number of halogens is 1. The van der Waals surface area contributed by atoms with Gasteiger partial charge in [-0.2, -0.15) is 0 Å². The number of imidazole rings is 1. The molecule has 1 amide bonds. The predicted octanol–water partition coefficient (Wildman–Crippen LogP) is 5.37. The summed E-state index contributed by atoms with van der Waals surface area (Å²) in [5, 5.41) is 21.7. The molecule has 2 heterocycles. The number of benzene rings is 3. The molecule has 5 rings (SSSR count). The molecule has 1 aromatic heterocycles. The number of hydrogen-bond donors (Lipinski definition) is 3. The highest BCUT2D eigenvalue weighted by Crippen LogP contribution is 2.44. The fraction of sp³-hybridized carbons (Fsp3) is 0.179. The number of aromatic nitrogens is 2. The SMILES string of the molecule is CCOc1cc(C2/C(=C(\O)c3ccc(OC)c(Br)c3)C(=O)C(=O)N2c2nc3ccc(C)cc3[nH]2)ccc1O. The maximum atomic E-state index is 13.5. The molecule has 10 heteroatoms. The Hall–Kier alpha value is -4.31. The fourth-order valence-corrected chi connectivity index (χ4v) is 5.07. The Morgan fingerprint density at radius 3 is 2.61 bits per heavy atom. The van der Waals surface area contributed by atoms with Crippen molar-refractivity contribution >= 4 is 50.4 Å². The van der Waals surface area contributed by atoms with Crippen LogP contribution in [0.5, 0.6) is 17.2 Å². The second kappa shape index (κ2) is 9.86. The van der Waals surface area contributed by atoms with Gasteiger partial charge in [0.2, 0.25) is 5.95 Å². The van der Waals surface area contributed by atoms with Crippen LogP contribution in [0.15, 0.2) is 64.6 Å². The van der Waals surface area contributed by atoms with Crippen LogP contribution in [0.4, 0.5) is 5.95 Å². The van der Waals surface area contributed by atoms with Crippen LogP contribution in [0.3, 0.4) is 0 Å². The first-order valence-electron chi connectivity index (χ1n) is 11.8. The number of aliphatic hydroxyl groups excluding tert-OH is 1. The molecule has 0 saturated carbocycles. The third-order valence-corrected chi connectivity index (χ3v) is 6.94. The monoisotopic (exact) mass is 577 g/mol. The van der Waals surface area contributed by atoms with Gasteiger partial charge >= 0.3 is 5.91 Å². The number of hydrogen-bond acceptors (Lipinski definition) is 7. The van der Waals surface area contributed by atoms with Crippen LogP contribution >= 0.6 is 15.9 Å². The molecule has 3 aromatic carbocycles. The number of aliphatic hydroxyl groups is 1. The lowest BCUT2D eigenvalue weighted by Crippen LogP contribution is -2.30. The molecule has 1 aliphatic heterocycles. The van der Waals surface area contributed by atoms with Gasteiger partial charge in [-0.25, -0.2) is 4.98 Å². The summed E-state index contributed by atoms with van der Waals surface area (Å²) < 4.78 is 11.4. The number of fused-ring (bicyclic) bond motifs is 1. The van der Waals surface area contributed by atoms with Gasteiger partial charge in [0, 0.05) is 5.56 Å². The van der Waals surface area contributed by atoms with Crippen molar-refractivity contribution in [2.24, 2.45) is 0 Å². The Morgan fingerprint density at radius 2 is 1.89 bits per heavy atom. The second-order valence-electron chi connectivity index (χ2n) is 8.76. The van der Waals surface area contributed by atoms with Crippen molar-refractivity contribution in [1.82, 2.24) is 9.97 Å². The summed E-state index contributed by atoms with van der Waals surface area (Å²) in [5.74, 6) is -1.31. The number of aromatic hydroxyl groups is 1. The van der Waals surface area contributed by atoms with E-state index < -0.39 is 17.7 Å². The predicted molar refractivity (Wildman–Crippen MR) is 146 cm³/mol. The molecule has 0 bridgehead atoms. The van der Waals surface area contributed by atoms with Crippen LogP contribution in [-0.2, 0) is 9.59 Å². The van der Waals surface area contributed by atoms with E-state index in [4.69, 9.17) is 9.47 Å². The first-order chi connectivity index (χ1) is 18.2. The van der Waals surface area contributed by atoms with E-state index in [1.54, 1.807) is 37.3 Å². The molecule has 0 radical (unpaired) electrons. The van der Waals surface area contributed by atoms with Crippen molar-refractivity contribution in [3.8, 4) is 17.2 Å². The van der Waals surface area contributed by atoms with E-state index in [1.807, 2.05) is 25.1 Å². The number of H-pyrrole nitrogens is 1. The van der Waals surface area contributed by atoms with E-state index in [2.05, 4.69) is 25.9 Å². The Balaban J connectivity index is 1.74. The highest BCUT2D eigenvalue weighted by atomic mass is 79.9. The van der Waals surface area contributed by atoms with E-state index >= 15 is 0 Å². The number of nitrogens with one attached hydrogen (secondary N) is 1. The summed E-state index contributed by atoms with van der Waals surface area (Å²) in [7, 11) is 1.51. The smallest absolute Gasteiger partial charge is 0.302 e. The third kappa shape index (κ3) is 4.26. The zero-order valence-electron chi connectivity index (χ0n) is 20.8. The number of anilines is 1. The highest BCUT2D eigenvalue weighted by Gasteiger charge is 2.48. The molecular weight excluding hydrogens is 554 g/mol. The average Bonchev–Trinajstić information content (AvgIpc) is 3.42. The fourth-order valence-electron chi connectivity index (χ4n) is 4.53. The van der Waals surface area contributed by atoms with Crippen LogP contribution in [0.2, 0.25) is 0 Å². The van der Waals surface area contributed by atoms with Crippen LogP contribution in [-0.4, -0.2) is 45.6 Å². The molecule has 1 unspecified atom stereocenters. The van der Waals surface area contributed by atoms with Crippen molar-refractivity contribution in [1.29, 1.82) is 0 Å². The number of rotatable bonds is 6. The molecule has 3 N–H and O–H groups in total. The van der Waals surface area contributed by atoms with Gasteiger partial charge in [-0.3, -0.25) is 14.5 Å². The number of aromatic amines is 1. The Labute approximate surface area is 226 Å². The van der Waals surface area contributed by atoms with Gasteiger partial charge < -0.3 is 24.7 Å². The minimum atomic E-state index is -1.06. The van der Waals surface area contributed by atoms with Crippen molar-refractivity contribution < 1.29 is 29.3 Å². The molecule has 1 atom stereocenters. The zero-order chi connectivity index (χ0) is 27.1. The van der Waals surface area contributed by atoms with Crippen molar-refractivity contribution in [2.75, 3.05) is 18.6 Å². The molecule has 9 nitrogen and oxygen atoms in total. The van der Waals surface area contributed by atoms with Gasteiger partial charge in [-0.05, 0) is 83.4 Å². The van der Waals surface area contributed by atoms with Gasteiger partial charge in [-0.15, -0.1) is 0 Å². The quantitative estimate of drug-likeness (QED) is 0.160. The Bertz CT molecular complexity index is 1630. The summed E-state index contributed by atoms with van der Waals surface area (Å²) in [6.45, 7) is 4.00. The standard InChI is InChI=1S/C28H24BrN3O6/c1-4-38-22-13-15(6-9-20(22)33)24-23(25(34)16-7-10-21(37-3)17(29)12-16)26(35)27(36)32(24)28-30-18-8-5-14(2)11-19(18)31-28/h5-13,24,33-34H,4H2,1-3H3,(H,30,31)/b25-23+. The number of amides is 1. The van der Waals surface area contributed by atoms with Crippen LogP contribution < -0.4 is 14.4 Å². The van der Waals surface area contributed by atoms with E-state index in [0.29, 0.717) is 39.0 Å². The number of ether oxygens (including phenoxy) is 2. The van der Waals surface area contributed by atoms with Crippen LogP contribution in [0.25, 0.3) is 16.8 Å². The normalized spacial score (nSPS) is 16.8. The number of carbonyl (C=O) groups is 2. The van der Waals surface area contributed by atoms with Gasteiger partial charge in [0.25, 0.3) is 5.78 Å². The van der Waals surface area contributed by atoms with Crippen molar-refractivity contribution in [2.45, 2.75) is 19.9 Å². The summed E-state index contributed by atoms with van der Waals surface area (Å²) >= 11 is 3.40. The molecule has 4 aromatic rings. The van der Waals surface area contributed by atoms with Crippen molar-refractivity contribution in [3.63, 3.8) is 0 Å². The topological polar surface area (TPSA) is 125 Å². The number of nitrogens with zero attached hydrogens (tertiary/aromatic N) is 2. The number of phenolic OH excluding ortho intramolecular Hbond substituents is 1. The maximum absolute atomic E-state index is 13.5. The molecule has 0 spiro atoms. The van der Waals surface area contributed by atoms with E-state index in [-0.39, 0.29) is 28.8 Å². The molecule has 38 heavy (non-hydrogen) atoms. The number of phenols is 1. The van der Waals surface area contributed by atoms with E-state index in [0.717, 1.165) is 5.56 Å². The minimum Gasteiger partial charge on any atom is -0.507 e. The first-order valence-corrected chi connectivity index (χ1v) is 12.6. The summed E-state index contributed by atoms with van der Waals surface area (Å²) in [6, 6.07) is 13.9. The second-order valence-corrected chi connectivity index (χ2v) is 9.61. The highest BCUT2D eigenvalue weighted by molar-refractivity contribution is 9.10. The molecule has 194 valence electrons. The maximum Gasteiger partial charge on any atom is 0.302 e. The van der Waals surface area contributed by atoms with Crippen molar-refractivity contribution in [3.05, 3.63) is 81.3 Å². The largest absolute Gasteiger partial charge is 0.507 e. The lowest BCUT2D eigenvalue weighted by atomic mass is 9.95. The van der Waals surface area contributed by atoms with Gasteiger partial charge in [0.1, 0.15) is 11.5 Å². The average molecular weight is 578 g/mol. The number of aryl methyl sites for hydroxylation is 1. The third-order valence-electron chi connectivity index (χ3n) is 6.32. The van der Waals surface area contributed by atoms with Gasteiger partial charge in [0.15, 0.2) is 11.5 Å². The van der Waals surface area contributed by atoms with E-state index in [9.17, 15) is 19.8 Å².